The summed E-state index contributed by atoms with van der Waals surface area (Å²) in [5.41, 5.74) is 0. The minimum atomic E-state index is 0. The summed E-state index contributed by atoms with van der Waals surface area (Å²) in [5, 5.41) is 0. The van der Waals surface area contributed by atoms with Crippen LogP contribution in [-0.2, 0) is 17.1 Å². The van der Waals surface area contributed by atoms with Gasteiger partial charge in [0.1, 0.15) is 0 Å². The summed E-state index contributed by atoms with van der Waals surface area (Å²) in [4.78, 5) is 0. The maximum absolute atomic E-state index is 0. The first-order valence-corrected chi connectivity index (χ1v) is 0. The first kappa shape index (κ1) is 28.0. The third kappa shape index (κ3) is 8.89. The van der Waals surface area contributed by atoms with E-state index in [-0.39, 0.29) is 99.6 Å². The van der Waals surface area contributed by atoms with Crippen LogP contribution >= 0.6 is 0 Å². The van der Waals surface area contributed by atoms with Crippen LogP contribution in [0, 0.1) is 0 Å². The molecule has 0 aromatic rings. The second-order valence-corrected chi connectivity index (χ2v) is 0. The number of rotatable bonds is 0. The Kier molecular flexibility index (Phi) is 117. The first-order chi connectivity index (χ1) is 0. The molecule has 4 heteroatoms. The van der Waals surface area contributed by atoms with Gasteiger partial charge in [-0.25, -0.2) is 0 Å². The molecule has 0 heterocycles. The van der Waals surface area contributed by atoms with Crippen LogP contribution < -0.4 is 29.6 Å². The van der Waals surface area contributed by atoms with Gasteiger partial charge in [0.2, 0.25) is 0 Å². The van der Waals surface area contributed by atoms with Crippen molar-refractivity contribution in [3.05, 3.63) is 0 Å². The van der Waals surface area contributed by atoms with E-state index in [9.17, 15) is 0 Å². The van der Waals surface area contributed by atoms with Crippen LogP contribution in [0.2, 0.25) is 0 Å². The predicted octanol–water partition coefficient (Wildman–Crippen LogP) is -4.49. The molecular formula is H7CaFeNaSi. The molecule has 0 saturated carbocycles. The molecule has 0 rings (SSSR count). The minimum Gasteiger partial charge on any atom is -1.00 e. The Morgan fingerprint density at radius 3 is 1.25 bits per heavy atom. The molecule has 0 aromatic heterocycles. The van der Waals surface area contributed by atoms with Crippen LogP contribution in [0.15, 0.2) is 0 Å². The van der Waals surface area contributed by atoms with Gasteiger partial charge in [0.15, 0.2) is 0 Å². The summed E-state index contributed by atoms with van der Waals surface area (Å²) >= 11 is 0. The van der Waals surface area contributed by atoms with Crippen molar-refractivity contribution in [2.24, 2.45) is 0 Å². The minimum absolute atomic E-state index is 0. The quantitative estimate of drug-likeness (QED) is 0.308. The van der Waals surface area contributed by atoms with E-state index < -0.39 is 0 Å². The van der Waals surface area contributed by atoms with E-state index in [2.05, 4.69) is 0 Å². The van der Waals surface area contributed by atoms with E-state index in [1.807, 2.05) is 0 Å². The summed E-state index contributed by atoms with van der Waals surface area (Å²) in [6.07, 6.45) is 0. The normalized spacial score (nSPS) is 0. The van der Waals surface area contributed by atoms with Gasteiger partial charge in [-0.15, -0.1) is 0 Å². The molecule has 0 nitrogen and oxygen atoms in total. The van der Waals surface area contributed by atoms with Gasteiger partial charge in [-0.05, 0) is 11.0 Å². The summed E-state index contributed by atoms with van der Waals surface area (Å²) in [6, 6.07) is 0. The smallest absolute Gasteiger partial charge is 1.00 e. The largest absolute Gasteiger partial charge is 2.00 e. The molecule has 0 saturated heterocycles. The van der Waals surface area contributed by atoms with E-state index in [1.54, 1.807) is 0 Å². The monoisotopic (exact) mass is 154 g/mol. The van der Waals surface area contributed by atoms with Crippen LogP contribution in [0.3, 0.4) is 0 Å². The average Bonchev–Trinajstić information content (AvgIpc) is 0. The Morgan fingerprint density at radius 1 is 1.25 bits per heavy atom. The maximum Gasteiger partial charge on any atom is 2.00 e. The molecule has 0 unspecified atom stereocenters. The molecule has 0 amide bonds. The van der Waals surface area contributed by atoms with Crippen molar-refractivity contribution in [1.29, 1.82) is 0 Å². The molecule has 22 valence electrons. The van der Waals surface area contributed by atoms with Crippen LogP contribution in [0.1, 0.15) is 4.28 Å². The Morgan fingerprint density at radius 2 is 1.25 bits per heavy atom. The van der Waals surface area contributed by atoms with E-state index in [1.165, 1.54) is 0 Å². The van der Waals surface area contributed by atoms with Crippen molar-refractivity contribution in [3.8, 4) is 0 Å². The van der Waals surface area contributed by atoms with E-state index in [0.29, 0.717) is 0 Å². The maximum atomic E-state index is 0. The summed E-state index contributed by atoms with van der Waals surface area (Å²) in [6.45, 7) is 0. The molecule has 0 aliphatic rings. The number of hydrogen-bond acceptors (Lipinski definition) is 0. The van der Waals surface area contributed by atoms with Gasteiger partial charge >= 0.3 is 67.3 Å². The Bertz CT molecular complexity index is 14.9. The summed E-state index contributed by atoms with van der Waals surface area (Å²) < 4.78 is 0. The standard InChI is InChI=1S/Ca.Fe.Na.H4Si.3H/h;;;1H4;;;/q+2;;+1;;3*-1. The molecule has 0 N–H and O–H groups in total. The molecular weight excluding hydrogens is 147 g/mol. The van der Waals surface area contributed by atoms with Crippen LogP contribution in [0.25, 0.3) is 0 Å². The second kappa shape index (κ2) is 16.7. The van der Waals surface area contributed by atoms with Gasteiger partial charge < -0.3 is 4.28 Å². The van der Waals surface area contributed by atoms with Crippen molar-refractivity contribution in [1.82, 2.24) is 0 Å². The molecule has 0 fully saturated rings. The van der Waals surface area contributed by atoms with E-state index >= 15 is 0 Å². The Balaban J connectivity index is 0. The Hall–Kier alpha value is 3.00. The van der Waals surface area contributed by atoms with Gasteiger partial charge in [0.25, 0.3) is 0 Å². The Labute approximate surface area is 97.7 Å². The van der Waals surface area contributed by atoms with Gasteiger partial charge in [-0.3, -0.25) is 0 Å². The van der Waals surface area contributed by atoms with Gasteiger partial charge in [0, 0.05) is 17.1 Å². The summed E-state index contributed by atoms with van der Waals surface area (Å²) in [5.74, 6) is 0. The summed E-state index contributed by atoms with van der Waals surface area (Å²) in [7, 11) is 0. The predicted molar refractivity (Wildman–Crippen MR) is 20.4 cm³/mol. The van der Waals surface area contributed by atoms with Gasteiger partial charge in [-0.1, -0.05) is 0 Å². The molecule has 0 aromatic carbocycles. The molecule has 0 aliphatic carbocycles. The zero-order valence-electron chi connectivity index (χ0n) is 5.06. The third-order valence-corrected chi connectivity index (χ3v) is 0. The first-order valence-electron chi connectivity index (χ1n) is 0. The second-order valence-electron chi connectivity index (χ2n) is 0. The molecule has 4 heavy (non-hydrogen) atoms. The van der Waals surface area contributed by atoms with Gasteiger partial charge in [-0.2, -0.15) is 0 Å². The molecule has 0 bridgehead atoms. The van der Waals surface area contributed by atoms with Crippen LogP contribution in [-0.4, -0.2) is 48.7 Å². The fraction of sp³-hybridized carbons (Fsp3) is 0. The SMILES string of the molecule is [Ca+2].[Fe].[H-].[H-].[H-].[Na+].[SiH4]. The van der Waals surface area contributed by atoms with E-state index in [4.69, 9.17) is 0 Å². The topological polar surface area (TPSA) is 0 Å². The fourth-order valence-corrected chi connectivity index (χ4v) is 0. The third-order valence-electron chi connectivity index (χ3n) is 0. The number of hydrogen-bond donors (Lipinski definition) is 0. The zero-order valence-corrected chi connectivity index (χ0v) is 7.37. The van der Waals surface area contributed by atoms with Crippen molar-refractivity contribution in [3.63, 3.8) is 0 Å². The average molecular weight is 154 g/mol. The molecule has 0 aliphatic heterocycles. The fourth-order valence-electron chi connectivity index (χ4n) is 0. The molecule has 0 spiro atoms. The van der Waals surface area contributed by atoms with Crippen LogP contribution in [0.5, 0.6) is 0 Å². The molecule has 0 radical (unpaired) electrons. The van der Waals surface area contributed by atoms with Crippen molar-refractivity contribution < 1.29 is 50.9 Å². The van der Waals surface area contributed by atoms with Crippen LogP contribution in [0.4, 0.5) is 0 Å². The van der Waals surface area contributed by atoms with Crippen molar-refractivity contribution in [2.45, 2.75) is 0 Å². The van der Waals surface area contributed by atoms with E-state index in [0.717, 1.165) is 0 Å². The van der Waals surface area contributed by atoms with Crippen molar-refractivity contribution in [2.75, 3.05) is 0 Å². The van der Waals surface area contributed by atoms with Gasteiger partial charge in [0.05, 0.1) is 0 Å². The van der Waals surface area contributed by atoms with Crippen molar-refractivity contribution >= 4 is 48.7 Å². The zero-order chi connectivity index (χ0) is 0. The molecule has 0 atom stereocenters.